The second-order valence-corrected chi connectivity index (χ2v) is 6.46. The summed E-state index contributed by atoms with van der Waals surface area (Å²) in [6.45, 7) is 7.64. The van der Waals surface area contributed by atoms with E-state index in [1.54, 1.807) is 4.90 Å². The zero-order valence-corrected chi connectivity index (χ0v) is 12.9. The van der Waals surface area contributed by atoms with Crippen LogP contribution in [0.2, 0.25) is 0 Å². The largest absolute Gasteiger partial charge is 0.341 e. The Morgan fingerprint density at radius 1 is 1.35 bits per heavy atom. The molecule has 1 N–H and O–H groups in total. The van der Waals surface area contributed by atoms with Gasteiger partial charge in [-0.05, 0) is 27.9 Å². The highest BCUT2D eigenvalue weighted by atomic mass is 16.2. The van der Waals surface area contributed by atoms with Gasteiger partial charge in [-0.1, -0.05) is 0 Å². The summed E-state index contributed by atoms with van der Waals surface area (Å²) in [7, 11) is 4.03. The molecule has 0 unspecified atom stereocenters. The van der Waals surface area contributed by atoms with Gasteiger partial charge < -0.3 is 20.0 Å². The third kappa shape index (κ3) is 3.23. The molecule has 0 aromatic carbocycles. The number of hydrogen-bond acceptors (Lipinski definition) is 3. The first kappa shape index (κ1) is 15.1. The highest BCUT2D eigenvalue weighted by Crippen LogP contribution is 2.32. The van der Waals surface area contributed by atoms with Crippen LogP contribution in [0.1, 0.15) is 13.8 Å². The van der Waals surface area contributed by atoms with Gasteiger partial charge in [-0.15, -0.1) is 0 Å². The maximum atomic E-state index is 12.3. The summed E-state index contributed by atoms with van der Waals surface area (Å²) in [5.41, 5.74) is 0. The number of fused-ring (bicyclic) bond motifs is 1. The zero-order valence-electron chi connectivity index (χ0n) is 12.9. The number of nitrogens with zero attached hydrogens (tertiary/aromatic N) is 3. The number of amides is 3. The van der Waals surface area contributed by atoms with Crippen molar-refractivity contribution < 1.29 is 9.59 Å². The Labute approximate surface area is 121 Å². The maximum absolute atomic E-state index is 12.3. The van der Waals surface area contributed by atoms with E-state index in [1.807, 2.05) is 32.8 Å². The minimum Gasteiger partial charge on any atom is -0.341 e. The lowest BCUT2D eigenvalue weighted by atomic mass is 10.0. The predicted octanol–water partition coefficient (Wildman–Crippen LogP) is 0.0562. The molecule has 0 aromatic heterocycles. The SMILES string of the molecule is CC(C)NC(=O)N1C[C@H]2CN(CCN(C)C)C(=O)[C@@H]2C1. The average molecular weight is 282 g/mol. The van der Waals surface area contributed by atoms with Crippen LogP contribution >= 0.6 is 0 Å². The first-order valence-corrected chi connectivity index (χ1v) is 7.37. The third-order valence-corrected chi connectivity index (χ3v) is 4.04. The van der Waals surface area contributed by atoms with Gasteiger partial charge in [0.05, 0.1) is 5.92 Å². The Hall–Kier alpha value is -1.30. The molecular weight excluding hydrogens is 256 g/mol. The fourth-order valence-corrected chi connectivity index (χ4v) is 2.97. The van der Waals surface area contributed by atoms with Crippen molar-refractivity contribution in [2.45, 2.75) is 19.9 Å². The normalized spacial score (nSPS) is 25.8. The third-order valence-electron chi connectivity index (χ3n) is 4.04. The number of urea groups is 1. The van der Waals surface area contributed by atoms with Gasteiger partial charge in [0.15, 0.2) is 0 Å². The van der Waals surface area contributed by atoms with Crippen LogP contribution < -0.4 is 5.32 Å². The van der Waals surface area contributed by atoms with E-state index in [0.29, 0.717) is 19.0 Å². The zero-order chi connectivity index (χ0) is 14.9. The van der Waals surface area contributed by atoms with Crippen molar-refractivity contribution in [3.8, 4) is 0 Å². The van der Waals surface area contributed by atoms with E-state index in [9.17, 15) is 9.59 Å². The minimum atomic E-state index is -0.0398. The molecule has 6 nitrogen and oxygen atoms in total. The van der Waals surface area contributed by atoms with Crippen LogP contribution in [0.4, 0.5) is 4.79 Å². The summed E-state index contributed by atoms with van der Waals surface area (Å²) in [6.07, 6.45) is 0. The van der Waals surface area contributed by atoms with Gasteiger partial charge in [-0.25, -0.2) is 4.79 Å². The van der Waals surface area contributed by atoms with Gasteiger partial charge in [0, 0.05) is 44.7 Å². The smallest absolute Gasteiger partial charge is 0.317 e. The molecule has 2 rings (SSSR count). The molecular formula is C14H26N4O2. The number of nitrogens with one attached hydrogen (secondary N) is 1. The number of carbonyl (C=O) groups excluding carboxylic acids is 2. The standard InChI is InChI=1S/C14H26N4O2/c1-10(2)15-14(20)18-8-11-7-17(6-5-16(3)4)13(19)12(11)9-18/h10-12H,5-9H2,1-4H3,(H,15,20)/t11-,12-/m1/s1. The molecule has 0 aliphatic carbocycles. The highest BCUT2D eigenvalue weighted by Gasteiger charge is 2.47. The molecule has 114 valence electrons. The molecule has 0 aromatic rings. The number of hydrogen-bond donors (Lipinski definition) is 1. The van der Waals surface area contributed by atoms with E-state index in [1.165, 1.54) is 0 Å². The lowest BCUT2D eigenvalue weighted by Crippen LogP contribution is -2.44. The minimum absolute atomic E-state index is 0.00933. The van der Waals surface area contributed by atoms with Gasteiger partial charge in [0.1, 0.15) is 0 Å². The number of carbonyl (C=O) groups is 2. The Morgan fingerprint density at radius 3 is 2.60 bits per heavy atom. The summed E-state index contributed by atoms with van der Waals surface area (Å²) in [6, 6.07) is 0.0947. The van der Waals surface area contributed by atoms with Crippen LogP contribution in [0, 0.1) is 11.8 Å². The number of rotatable bonds is 4. The Kier molecular flexibility index (Phi) is 4.52. The van der Waals surface area contributed by atoms with Crippen LogP contribution in [0.15, 0.2) is 0 Å². The Morgan fingerprint density at radius 2 is 2.05 bits per heavy atom. The van der Waals surface area contributed by atoms with E-state index in [2.05, 4.69) is 10.2 Å². The Bertz CT molecular complexity index is 383. The lowest BCUT2D eigenvalue weighted by molar-refractivity contribution is -0.131. The highest BCUT2D eigenvalue weighted by molar-refractivity contribution is 5.84. The van der Waals surface area contributed by atoms with Crippen LogP contribution in [-0.4, -0.2) is 79.5 Å². The maximum Gasteiger partial charge on any atom is 0.317 e. The van der Waals surface area contributed by atoms with E-state index in [0.717, 1.165) is 19.6 Å². The van der Waals surface area contributed by atoms with Crippen LogP contribution in [0.3, 0.4) is 0 Å². The van der Waals surface area contributed by atoms with Gasteiger partial charge in [-0.2, -0.15) is 0 Å². The first-order valence-electron chi connectivity index (χ1n) is 7.37. The van der Waals surface area contributed by atoms with Crippen molar-refractivity contribution in [2.75, 3.05) is 46.8 Å². The van der Waals surface area contributed by atoms with Crippen LogP contribution in [-0.2, 0) is 4.79 Å². The molecule has 2 aliphatic heterocycles. The fraction of sp³-hybridized carbons (Fsp3) is 0.857. The topological polar surface area (TPSA) is 55.9 Å². The number of likely N-dealkylation sites (N-methyl/N-ethyl adjacent to an activating group) is 1. The summed E-state index contributed by atoms with van der Waals surface area (Å²) >= 11 is 0. The molecule has 2 heterocycles. The quantitative estimate of drug-likeness (QED) is 0.793. The van der Waals surface area contributed by atoms with E-state index in [-0.39, 0.29) is 23.9 Å². The molecule has 0 saturated carbocycles. The van der Waals surface area contributed by atoms with Gasteiger partial charge in [0.25, 0.3) is 0 Å². The van der Waals surface area contributed by atoms with Crippen LogP contribution in [0.5, 0.6) is 0 Å². The van der Waals surface area contributed by atoms with Crippen molar-refractivity contribution in [1.82, 2.24) is 20.0 Å². The molecule has 2 atom stereocenters. The van der Waals surface area contributed by atoms with Crippen molar-refractivity contribution in [3.05, 3.63) is 0 Å². The molecule has 2 saturated heterocycles. The molecule has 2 aliphatic rings. The molecule has 6 heteroatoms. The summed E-state index contributed by atoms with van der Waals surface area (Å²) < 4.78 is 0. The molecule has 0 spiro atoms. The summed E-state index contributed by atoms with van der Waals surface area (Å²) in [5.74, 6) is 0.536. The van der Waals surface area contributed by atoms with Crippen molar-refractivity contribution in [1.29, 1.82) is 0 Å². The molecule has 0 bridgehead atoms. The monoisotopic (exact) mass is 282 g/mol. The summed E-state index contributed by atoms with van der Waals surface area (Å²) in [5, 5.41) is 2.90. The molecule has 0 radical (unpaired) electrons. The molecule has 2 fully saturated rings. The predicted molar refractivity (Wildman–Crippen MR) is 77.4 cm³/mol. The van der Waals surface area contributed by atoms with Gasteiger partial charge in [-0.3, -0.25) is 4.79 Å². The van der Waals surface area contributed by atoms with Gasteiger partial charge in [0.2, 0.25) is 5.91 Å². The second kappa shape index (κ2) is 5.99. The average Bonchev–Trinajstić information content (AvgIpc) is 2.86. The molecule has 3 amide bonds. The first-order chi connectivity index (χ1) is 9.38. The van der Waals surface area contributed by atoms with E-state index in [4.69, 9.17) is 0 Å². The van der Waals surface area contributed by atoms with Crippen molar-refractivity contribution >= 4 is 11.9 Å². The summed E-state index contributed by atoms with van der Waals surface area (Å²) in [4.78, 5) is 30.1. The second-order valence-electron chi connectivity index (χ2n) is 6.46. The number of likely N-dealkylation sites (tertiary alicyclic amines) is 2. The fourth-order valence-electron chi connectivity index (χ4n) is 2.97. The van der Waals surface area contributed by atoms with E-state index < -0.39 is 0 Å². The Balaban J connectivity index is 1.87. The lowest BCUT2D eigenvalue weighted by Gasteiger charge is -2.23. The van der Waals surface area contributed by atoms with Crippen molar-refractivity contribution in [3.63, 3.8) is 0 Å². The van der Waals surface area contributed by atoms with Gasteiger partial charge >= 0.3 is 6.03 Å². The van der Waals surface area contributed by atoms with Crippen molar-refractivity contribution in [2.24, 2.45) is 11.8 Å². The van der Waals surface area contributed by atoms with E-state index >= 15 is 0 Å². The van der Waals surface area contributed by atoms with Crippen LogP contribution in [0.25, 0.3) is 0 Å². The molecule has 20 heavy (non-hydrogen) atoms.